The predicted octanol–water partition coefficient (Wildman–Crippen LogP) is 4.02. The average Bonchev–Trinajstić information content (AvgIpc) is 2.81. The van der Waals surface area contributed by atoms with Gasteiger partial charge >= 0.3 is 5.97 Å². The minimum Gasteiger partial charge on any atom is -0.461 e. The summed E-state index contributed by atoms with van der Waals surface area (Å²) < 4.78 is 5.27. The molecular weight excluding hydrogens is 452 g/mol. The van der Waals surface area contributed by atoms with E-state index >= 15 is 0 Å². The van der Waals surface area contributed by atoms with E-state index in [1.165, 1.54) is 11.1 Å². The first-order valence-corrected chi connectivity index (χ1v) is 12.3. The number of nitrogens with zero attached hydrogens (tertiary/aromatic N) is 4. The largest absolute Gasteiger partial charge is 0.461 e. The van der Waals surface area contributed by atoms with Gasteiger partial charge in [0.05, 0.1) is 23.4 Å². The molecule has 0 amide bonds. The van der Waals surface area contributed by atoms with Crippen LogP contribution in [0.15, 0.2) is 68.7 Å². The van der Waals surface area contributed by atoms with Gasteiger partial charge in [0.1, 0.15) is 11.7 Å². The van der Waals surface area contributed by atoms with Crippen LogP contribution in [0, 0.1) is 0 Å². The van der Waals surface area contributed by atoms with E-state index in [4.69, 9.17) is 14.7 Å². The highest BCUT2D eigenvalue weighted by Crippen LogP contribution is 2.27. The number of aliphatic imine (C=N–C) groups is 2. The first-order valence-electron chi connectivity index (χ1n) is 12.3. The van der Waals surface area contributed by atoms with Gasteiger partial charge in [-0.15, -0.1) is 0 Å². The zero-order chi connectivity index (χ0) is 25.9. The maximum absolute atomic E-state index is 12.8. The van der Waals surface area contributed by atoms with Crippen LogP contribution in [-0.4, -0.2) is 46.7 Å². The average molecular weight is 487 g/mol. The number of esters is 1. The Morgan fingerprint density at radius 2 is 1.33 bits per heavy atom. The second-order valence-electron chi connectivity index (χ2n) is 10.3. The molecule has 0 fully saturated rings. The van der Waals surface area contributed by atoms with Crippen LogP contribution < -0.4 is 10.9 Å². The van der Waals surface area contributed by atoms with E-state index in [1.807, 2.05) is 36.4 Å². The van der Waals surface area contributed by atoms with Crippen LogP contribution in [0.5, 0.6) is 0 Å². The molecule has 2 heterocycles. The van der Waals surface area contributed by atoms with Crippen molar-refractivity contribution < 1.29 is 9.53 Å². The Morgan fingerprint density at radius 3 is 1.83 bits per heavy atom. The molecule has 188 valence electrons. The number of hydrogen-bond donors (Lipinski definition) is 2. The lowest BCUT2D eigenvalue weighted by atomic mass is 9.89. The van der Waals surface area contributed by atoms with Gasteiger partial charge in [0.15, 0.2) is 5.71 Å². The van der Waals surface area contributed by atoms with Crippen molar-refractivity contribution in [3.05, 3.63) is 70.8 Å². The van der Waals surface area contributed by atoms with Crippen molar-refractivity contribution in [3.8, 4) is 0 Å². The summed E-state index contributed by atoms with van der Waals surface area (Å²) in [5.74, 6) is 0.699. The molecular formula is C28H34N6O2. The maximum Gasteiger partial charge on any atom is 0.360 e. The van der Waals surface area contributed by atoms with Crippen LogP contribution in [0.3, 0.4) is 0 Å². The Hall–Kier alpha value is -3.81. The molecule has 2 aromatic carbocycles. The number of carbonyl (C=O) groups excluding carboxylic acids is 1. The van der Waals surface area contributed by atoms with Gasteiger partial charge in [-0.05, 0) is 65.5 Å². The zero-order valence-corrected chi connectivity index (χ0v) is 21.8. The number of benzene rings is 2. The van der Waals surface area contributed by atoms with Crippen molar-refractivity contribution in [2.45, 2.75) is 65.5 Å². The predicted molar refractivity (Wildman–Crippen MR) is 145 cm³/mol. The highest BCUT2D eigenvalue weighted by molar-refractivity contribution is 6.65. The van der Waals surface area contributed by atoms with Gasteiger partial charge in [-0.25, -0.2) is 4.79 Å². The third-order valence-electron chi connectivity index (χ3n) is 6.03. The fourth-order valence-corrected chi connectivity index (χ4v) is 4.49. The summed E-state index contributed by atoms with van der Waals surface area (Å²) >= 11 is 0. The molecule has 2 aliphatic heterocycles. The molecule has 2 N–H and O–H groups in total. The van der Waals surface area contributed by atoms with Crippen LogP contribution in [0.4, 0.5) is 0 Å². The molecule has 2 aliphatic rings. The topological polar surface area (TPSA) is 99.8 Å². The molecule has 0 radical (unpaired) electrons. The van der Waals surface area contributed by atoms with Crippen molar-refractivity contribution in [2.75, 3.05) is 6.61 Å². The van der Waals surface area contributed by atoms with Gasteiger partial charge in [-0.3, -0.25) is 20.8 Å². The van der Waals surface area contributed by atoms with Gasteiger partial charge < -0.3 is 4.74 Å². The number of hydrazone groups is 2. The second kappa shape index (κ2) is 10.0. The van der Waals surface area contributed by atoms with Crippen LogP contribution in [0.2, 0.25) is 0 Å². The molecule has 4 rings (SSSR count). The number of fused-ring (bicyclic) bond motifs is 2. The third kappa shape index (κ3) is 5.70. The normalized spacial score (nSPS) is 18.3. The second-order valence-corrected chi connectivity index (χ2v) is 10.3. The fraction of sp³-hybridized carbons (Fsp3) is 0.393. The van der Waals surface area contributed by atoms with Crippen molar-refractivity contribution in [1.82, 2.24) is 10.9 Å². The minimum absolute atomic E-state index is 0.0665. The monoisotopic (exact) mass is 486 g/mol. The minimum atomic E-state index is -0.566. The number of ether oxygens (including phenoxy) is 1. The Labute approximate surface area is 212 Å². The van der Waals surface area contributed by atoms with Crippen LogP contribution in [0.1, 0.15) is 63.8 Å². The van der Waals surface area contributed by atoms with Crippen LogP contribution in [0.25, 0.3) is 0 Å². The van der Waals surface area contributed by atoms with Gasteiger partial charge in [0.2, 0.25) is 0 Å². The standard InChI is InChI=1S/C28H34N6O2/c1-7-36-26(35)23(32-34-25-22-15-11-9-13-20(22)17-28(5,6)30-25)18(2)31-33-24-21-14-10-8-12-19(21)16-27(3,4)29-24/h8-15H,7,16-17H2,1-6H3,(H,29,33)(H,30,34)/b31-18+,32-23-. The Kier molecular flexibility index (Phi) is 7.06. The van der Waals surface area contributed by atoms with Crippen molar-refractivity contribution >= 4 is 29.1 Å². The summed E-state index contributed by atoms with van der Waals surface area (Å²) in [6, 6.07) is 16.2. The van der Waals surface area contributed by atoms with Crippen molar-refractivity contribution in [3.63, 3.8) is 0 Å². The van der Waals surface area contributed by atoms with Gasteiger partial charge in [-0.2, -0.15) is 10.2 Å². The number of rotatable bonds is 5. The highest BCUT2D eigenvalue weighted by atomic mass is 16.5. The molecule has 2 aromatic rings. The van der Waals surface area contributed by atoms with Gasteiger partial charge in [-0.1, -0.05) is 48.5 Å². The number of amidine groups is 2. The summed E-state index contributed by atoms with van der Waals surface area (Å²) in [6.07, 6.45) is 1.67. The summed E-state index contributed by atoms with van der Waals surface area (Å²) in [5, 5.41) is 8.89. The quantitative estimate of drug-likeness (QED) is 0.379. The van der Waals surface area contributed by atoms with E-state index in [9.17, 15) is 4.79 Å². The fourth-order valence-electron chi connectivity index (χ4n) is 4.49. The third-order valence-corrected chi connectivity index (χ3v) is 6.03. The number of carbonyl (C=O) groups is 1. The van der Waals surface area contributed by atoms with E-state index < -0.39 is 5.97 Å². The van der Waals surface area contributed by atoms with Crippen molar-refractivity contribution in [2.24, 2.45) is 20.2 Å². The van der Waals surface area contributed by atoms with Gasteiger partial charge in [0, 0.05) is 11.1 Å². The SMILES string of the molecule is CCOC(=O)C(=N\NC1=NC(C)(C)Cc2ccccc21)/C(C)=N/NC1=NC(C)(C)Cc2ccccc21. The van der Waals surface area contributed by atoms with Crippen LogP contribution >= 0.6 is 0 Å². The first kappa shape index (κ1) is 25.3. The molecule has 0 unspecified atom stereocenters. The Balaban J connectivity index is 1.63. The van der Waals surface area contributed by atoms with E-state index in [0.717, 1.165) is 24.0 Å². The summed E-state index contributed by atoms with van der Waals surface area (Å²) in [7, 11) is 0. The number of hydrogen-bond acceptors (Lipinski definition) is 8. The van der Waals surface area contributed by atoms with E-state index in [0.29, 0.717) is 17.4 Å². The summed E-state index contributed by atoms with van der Waals surface area (Å²) in [5.41, 5.74) is 10.3. The lowest BCUT2D eigenvalue weighted by Gasteiger charge is -2.28. The molecule has 0 atom stereocenters. The Morgan fingerprint density at radius 1 is 0.861 bits per heavy atom. The molecule has 0 bridgehead atoms. The molecule has 0 aliphatic carbocycles. The van der Waals surface area contributed by atoms with Crippen LogP contribution in [-0.2, 0) is 22.4 Å². The molecule has 0 spiro atoms. The maximum atomic E-state index is 12.8. The summed E-state index contributed by atoms with van der Waals surface area (Å²) in [4.78, 5) is 22.5. The highest BCUT2D eigenvalue weighted by Gasteiger charge is 2.28. The zero-order valence-electron chi connectivity index (χ0n) is 21.8. The molecule has 8 nitrogen and oxygen atoms in total. The molecule has 0 saturated carbocycles. The first-order chi connectivity index (χ1) is 17.1. The number of nitrogens with one attached hydrogen (secondary N) is 2. The van der Waals surface area contributed by atoms with E-state index in [2.05, 4.69) is 60.9 Å². The summed E-state index contributed by atoms with van der Waals surface area (Å²) in [6.45, 7) is 12.0. The van der Waals surface area contributed by atoms with Crippen molar-refractivity contribution in [1.29, 1.82) is 0 Å². The van der Waals surface area contributed by atoms with E-state index in [-0.39, 0.29) is 23.4 Å². The molecule has 8 heteroatoms. The lowest BCUT2D eigenvalue weighted by Crippen LogP contribution is -2.37. The van der Waals surface area contributed by atoms with Gasteiger partial charge in [0.25, 0.3) is 0 Å². The molecule has 36 heavy (non-hydrogen) atoms. The smallest absolute Gasteiger partial charge is 0.360 e. The lowest BCUT2D eigenvalue weighted by molar-refractivity contribution is -0.134. The molecule has 0 saturated heterocycles. The van der Waals surface area contributed by atoms with E-state index in [1.54, 1.807) is 13.8 Å². The Bertz CT molecular complexity index is 1290. The molecule has 0 aromatic heterocycles.